The number of fused-ring (bicyclic) bond motifs is 1. The highest BCUT2D eigenvalue weighted by molar-refractivity contribution is 5.97. The molecule has 0 aliphatic carbocycles. The van der Waals surface area contributed by atoms with Crippen molar-refractivity contribution in [3.8, 4) is 11.5 Å². The highest BCUT2D eigenvalue weighted by Gasteiger charge is 2.18. The molecule has 2 unspecified atom stereocenters. The fourth-order valence-corrected chi connectivity index (χ4v) is 3.07. The molecule has 0 spiro atoms. The number of hydrogen-bond acceptors (Lipinski definition) is 5. The second-order valence-corrected chi connectivity index (χ2v) is 6.75. The molecule has 7 heteroatoms. The van der Waals surface area contributed by atoms with Gasteiger partial charge in [-0.05, 0) is 37.1 Å². The van der Waals surface area contributed by atoms with E-state index < -0.39 is 6.10 Å². The molecule has 0 bridgehead atoms. The maximum absolute atomic E-state index is 12.2. The van der Waals surface area contributed by atoms with E-state index in [1.54, 1.807) is 25.1 Å². The van der Waals surface area contributed by atoms with Gasteiger partial charge in [-0.2, -0.15) is 0 Å². The van der Waals surface area contributed by atoms with E-state index in [4.69, 9.17) is 9.47 Å². The van der Waals surface area contributed by atoms with Crippen LogP contribution in [0.1, 0.15) is 35.2 Å². The van der Waals surface area contributed by atoms with Crippen LogP contribution in [0.5, 0.6) is 11.5 Å². The van der Waals surface area contributed by atoms with Crippen molar-refractivity contribution in [1.82, 2.24) is 10.6 Å². The normalized spacial score (nSPS) is 14.2. The van der Waals surface area contributed by atoms with Gasteiger partial charge in [0, 0.05) is 18.0 Å². The van der Waals surface area contributed by atoms with E-state index in [0.29, 0.717) is 30.0 Å². The van der Waals surface area contributed by atoms with Crippen molar-refractivity contribution in [2.24, 2.45) is 0 Å². The molecule has 1 aliphatic heterocycles. The van der Waals surface area contributed by atoms with Crippen LogP contribution in [0.25, 0.3) is 0 Å². The van der Waals surface area contributed by atoms with Gasteiger partial charge in [-0.25, -0.2) is 0 Å². The highest BCUT2D eigenvalue weighted by atomic mass is 16.7. The Morgan fingerprint density at radius 2 is 1.82 bits per heavy atom. The smallest absolute Gasteiger partial charge is 0.251 e. The first-order valence-corrected chi connectivity index (χ1v) is 9.20. The van der Waals surface area contributed by atoms with E-state index in [9.17, 15) is 14.7 Å². The molecule has 7 nitrogen and oxygen atoms in total. The Hall–Kier alpha value is -3.06. The van der Waals surface area contributed by atoms with Crippen LogP contribution < -0.4 is 20.1 Å². The summed E-state index contributed by atoms with van der Waals surface area (Å²) >= 11 is 0. The molecule has 2 aromatic rings. The Bertz CT molecular complexity index is 823. The largest absolute Gasteiger partial charge is 0.454 e. The molecule has 0 fully saturated rings. The lowest BCUT2D eigenvalue weighted by Crippen LogP contribution is -2.38. The average molecular weight is 384 g/mol. The molecule has 0 saturated carbocycles. The van der Waals surface area contributed by atoms with E-state index in [-0.39, 0.29) is 31.1 Å². The Morgan fingerprint density at radius 1 is 1.07 bits per heavy atom. The van der Waals surface area contributed by atoms with Crippen LogP contribution >= 0.6 is 0 Å². The molecule has 3 rings (SSSR count). The Morgan fingerprint density at radius 3 is 2.57 bits per heavy atom. The summed E-state index contributed by atoms with van der Waals surface area (Å²) < 4.78 is 10.5. The first-order valence-electron chi connectivity index (χ1n) is 9.20. The second-order valence-electron chi connectivity index (χ2n) is 6.75. The van der Waals surface area contributed by atoms with Gasteiger partial charge in [-0.15, -0.1) is 0 Å². The van der Waals surface area contributed by atoms with Gasteiger partial charge in [-0.3, -0.25) is 9.59 Å². The van der Waals surface area contributed by atoms with E-state index in [2.05, 4.69) is 10.6 Å². The first-order chi connectivity index (χ1) is 13.5. The van der Waals surface area contributed by atoms with Crippen LogP contribution in [0.4, 0.5) is 0 Å². The summed E-state index contributed by atoms with van der Waals surface area (Å²) in [6, 6.07) is 14.6. The lowest BCUT2D eigenvalue weighted by atomic mass is 9.93. The number of nitrogens with one attached hydrogen (secondary N) is 2. The number of carbonyl (C=O) groups is 2. The summed E-state index contributed by atoms with van der Waals surface area (Å²) in [5, 5.41) is 15.2. The van der Waals surface area contributed by atoms with E-state index in [1.165, 1.54) is 0 Å². The average Bonchev–Trinajstić information content (AvgIpc) is 3.17. The van der Waals surface area contributed by atoms with Crippen LogP contribution in [-0.4, -0.2) is 42.9 Å². The molecule has 2 amide bonds. The van der Waals surface area contributed by atoms with E-state index in [0.717, 1.165) is 5.56 Å². The predicted molar refractivity (Wildman–Crippen MR) is 103 cm³/mol. The zero-order valence-corrected chi connectivity index (χ0v) is 15.7. The molecule has 0 saturated heterocycles. The third kappa shape index (κ3) is 5.23. The maximum atomic E-state index is 12.2. The van der Waals surface area contributed by atoms with Crippen molar-refractivity contribution in [1.29, 1.82) is 0 Å². The minimum absolute atomic E-state index is 0.00490. The predicted octanol–water partition coefficient (Wildman–Crippen LogP) is 1.82. The molecule has 1 aliphatic rings. The van der Waals surface area contributed by atoms with Gasteiger partial charge in [0.05, 0.1) is 12.6 Å². The number of aliphatic hydroxyl groups is 1. The molecule has 2 atom stereocenters. The Balaban J connectivity index is 1.49. The van der Waals surface area contributed by atoms with Gasteiger partial charge in [0.15, 0.2) is 11.5 Å². The van der Waals surface area contributed by atoms with Crippen molar-refractivity contribution in [2.45, 2.75) is 25.4 Å². The summed E-state index contributed by atoms with van der Waals surface area (Å²) in [7, 11) is 0. The molecule has 0 radical (unpaired) electrons. The number of rotatable bonds is 8. The third-order valence-electron chi connectivity index (χ3n) is 4.49. The quantitative estimate of drug-likeness (QED) is 0.645. The number of benzene rings is 2. The summed E-state index contributed by atoms with van der Waals surface area (Å²) in [6.07, 6.45) is 0.0567. The van der Waals surface area contributed by atoms with Crippen LogP contribution in [0, 0.1) is 0 Å². The lowest BCUT2D eigenvalue weighted by molar-refractivity contribution is -0.120. The van der Waals surface area contributed by atoms with Crippen molar-refractivity contribution >= 4 is 11.8 Å². The van der Waals surface area contributed by atoms with Gasteiger partial charge >= 0.3 is 0 Å². The monoisotopic (exact) mass is 384 g/mol. The fourth-order valence-electron chi connectivity index (χ4n) is 3.07. The van der Waals surface area contributed by atoms with Gasteiger partial charge < -0.3 is 25.2 Å². The molecule has 1 heterocycles. The first kappa shape index (κ1) is 19.7. The van der Waals surface area contributed by atoms with Gasteiger partial charge in [-0.1, -0.05) is 30.3 Å². The van der Waals surface area contributed by atoms with Crippen molar-refractivity contribution in [3.05, 3.63) is 59.7 Å². The van der Waals surface area contributed by atoms with Crippen LogP contribution in [0.2, 0.25) is 0 Å². The molecule has 148 valence electrons. The Kier molecular flexibility index (Phi) is 6.49. The number of aliphatic hydroxyl groups excluding tert-OH is 1. The summed E-state index contributed by atoms with van der Waals surface area (Å²) in [6.45, 7) is 2.11. The summed E-state index contributed by atoms with van der Waals surface area (Å²) in [4.78, 5) is 24.4. The van der Waals surface area contributed by atoms with E-state index in [1.807, 2.05) is 30.3 Å². The molecule has 28 heavy (non-hydrogen) atoms. The van der Waals surface area contributed by atoms with Crippen molar-refractivity contribution in [3.63, 3.8) is 0 Å². The maximum Gasteiger partial charge on any atom is 0.251 e. The molecular formula is C21H24N2O5. The zero-order valence-electron chi connectivity index (χ0n) is 15.7. The second kappa shape index (κ2) is 9.23. The van der Waals surface area contributed by atoms with Gasteiger partial charge in [0.2, 0.25) is 12.7 Å². The fraction of sp³-hybridized carbons (Fsp3) is 0.333. The van der Waals surface area contributed by atoms with Crippen molar-refractivity contribution in [2.75, 3.05) is 19.9 Å². The van der Waals surface area contributed by atoms with E-state index >= 15 is 0 Å². The minimum Gasteiger partial charge on any atom is -0.454 e. The number of amides is 2. The lowest BCUT2D eigenvalue weighted by Gasteiger charge is -2.19. The SMILES string of the molecule is CC(O)CC(CNC(=O)CNC(=O)c1ccc2c(c1)OCO2)c1ccccc1. The standard InChI is InChI=1S/C21H24N2O5/c1-14(24)9-17(15-5-3-2-4-6-15)11-22-20(25)12-23-21(26)16-7-8-18-19(10-16)28-13-27-18/h2-8,10,14,17,24H,9,11-13H2,1H3,(H,22,25)(H,23,26). The number of ether oxygens (including phenoxy) is 2. The summed E-state index contributed by atoms with van der Waals surface area (Å²) in [5.74, 6) is 0.452. The molecule has 0 aromatic heterocycles. The van der Waals surface area contributed by atoms with Crippen molar-refractivity contribution < 1.29 is 24.2 Å². The molecule has 2 aromatic carbocycles. The zero-order chi connectivity index (χ0) is 19.9. The van der Waals surface area contributed by atoms with Crippen LogP contribution in [0.15, 0.2) is 48.5 Å². The Labute approximate surface area is 163 Å². The number of carbonyl (C=O) groups excluding carboxylic acids is 2. The summed E-state index contributed by atoms with van der Waals surface area (Å²) in [5.41, 5.74) is 1.45. The van der Waals surface area contributed by atoms with Gasteiger partial charge in [0.1, 0.15) is 0 Å². The third-order valence-corrected chi connectivity index (χ3v) is 4.49. The topological polar surface area (TPSA) is 96.9 Å². The van der Waals surface area contributed by atoms with Crippen LogP contribution in [0.3, 0.4) is 0 Å². The highest BCUT2D eigenvalue weighted by Crippen LogP contribution is 2.32. The van der Waals surface area contributed by atoms with Crippen LogP contribution in [-0.2, 0) is 4.79 Å². The van der Waals surface area contributed by atoms with Gasteiger partial charge in [0.25, 0.3) is 5.91 Å². The number of hydrogen-bond donors (Lipinski definition) is 3. The molecular weight excluding hydrogens is 360 g/mol. The minimum atomic E-state index is -0.479. The molecule has 3 N–H and O–H groups in total.